The molecule has 3 rings (SSSR count). The van der Waals surface area contributed by atoms with Crippen LogP contribution in [0.4, 0.5) is 10.5 Å². The molecule has 27 heavy (non-hydrogen) atoms. The Hall–Kier alpha value is -2.37. The largest absolute Gasteiger partial charge is 0.444 e. The molecule has 2 aliphatic heterocycles. The summed E-state index contributed by atoms with van der Waals surface area (Å²) in [6, 6.07) is 5.49. The number of anilines is 1. The predicted molar refractivity (Wildman–Crippen MR) is 98.0 cm³/mol. The van der Waals surface area contributed by atoms with Crippen LogP contribution in [0.25, 0.3) is 0 Å². The maximum atomic E-state index is 12.0. The molecule has 2 aliphatic rings. The van der Waals surface area contributed by atoms with Crippen LogP contribution in [-0.2, 0) is 14.2 Å². The third-order valence-electron chi connectivity index (χ3n) is 4.44. The first-order chi connectivity index (χ1) is 12.8. The van der Waals surface area contributed by atoms with Crippen LogP contribution in [0.5, 0.6) is 0 Å². The molecule has 0 aromatic carbocycles. The molecule has 1 N–H and O–H groups in total. The Balaban J connectivity index is 1.35. The molecule has 1 aromatic heterocycles. The van der Waals surface area contributed by atoms with Crippen LogP contribution in [0.15, 0.2) is 18.3 Å². The average Bonchev–Trinajstić information content (AvgIpc) is 2.59. The van der Waals surface area contributed by atoms with Crippen molar-refractivity contribution in [3.8, 4) is 6.07 Å². The summed E-state index contributed by atoms with van der Waals surface area (Å²) in [7, 11) is 0. The van der Waals surface area contributed by atoms with Crippen LogP contribution in [-0.4, -0.2) is 60.7 Å². The van der Waals surface area contributed by atoms with Gasteiger partial charge >= 0.3 is 6.09 Å². The zero-order valence-corrected chi connectivity index (χ0v) is 16.0. The Morgan fingerprint density at radius 1 is 1.41 bits per heavy atom. The molecule has 0 aliphatic carbocycles. The molecule has 2 fully saturated rings. The van der Waals surface area contributed by atoms with Crippen molar-refractivity contribution in [3.63, 3.8) is 0 Å². The van der Waals surface area contributed by atoms with Gasteiger partial charge in [0, 0.05) is 26.1 Å². The normalized spacial score (nSPS) is 19.3. The topological polar surface area (TPSA) is 96.7 Å². The van der Waals surface area contributed by atoms with E-state index >= 15 is 0 Å². The average molecular weight is 374 g/mol. The number of carbonyl (C=O) groups is 1. The number of ether oxygens (including phenoxy) is 3. The molecular weight excluding hydrogens is 348 g/mol. The predicted octanol–water partition coefficient (Wildman–Crippen LogP) is 2.37. The van der Waals surface area contributed by atoms with Gasteiger partial charge in [-0.3, -0.25) is 0 Å². The SMILES string of the molecule is CC(C)(C)OC(=O)N1CC2(COC(CCNc3ccc(C#N)nc3)OC2)C1. The molecule has 1 spiro atoms. The highest BCUT2D eigenvalue weighted by Gasteiger charge is 2.49. The summed E-state index contributed by atoms with van der Waals surface area (Å²) in [5.41, 5.74) is 0.652. The first-order valence-electron chi connectivity index (χ1n) is 9.10. The number of nitriles is 1. The van der Waals surface area contributed by atoms with Crippen molar-refractivity contribution < 1.29 is 19.0 Å². The van der Waals surface area contributed by atoms with Crippen LogP contribution >= 0.6 is 0 Å². The van der Waals surface area contributed by atoms with Gasteiger partial charge in [0.15, 0.2) is 6.29 Å². The fourth-order valence-corrected chi connectivity index (χ4v) is 3.10. The van der Waals surface area contributed by atoms with Crippen molar-refractivity contribution in [1.82, 2.24) is 9.88 Å². The van der Waals surface area contributed by atoms with Crippen LogP contribution in [0.2, 0.25) is 0 Å². The number of nitrogens with one attached hydrogen (secondary N) is 1. The third-order valence-corrected chi connectivity index (χ3v) is 4.44. The van der Waals surface area contributed by atoms with Crippen LogP contribution in [0.1, 0.15) is 32.9 Å². The minimum Gasteiger partial charge on any atom is -0.444 e. The summed E-state index contributed by atoms with van der Waals surface area (Å²) < 4.78 is 17.1. The highest BCUT2D eigenvalue weighted by Crippen LogP contribution is 2.36. The van der Waals surface area contributed by atoms with Crippen molar-refractivity contribution in [1.29, 1.82) is 5.26 Å². The number of nitrogens with zero attached hydrogens (tertiary/aromatic N) is 3. The first kappa shape index (κ1) is 19.4. The molecule has 0 saturated carbocycles. The van der Waals surface area contributed by atoms with E-state index in [4.69, 9.17) is 19.5 Å². The summed E-state index contributed by atoms with van der Waals surface area (Å²) in [4.78, 5) is 17.7. The summed E-state index contributed by atoms with van der Waals surface area (Å²) >= 11 is 0. The molecule has 1 amide bonds. The van der Waals surface area contributed by atoms with Crippen LogP contribution in [0.3, 0.4) is 0 Å². The third kappa shape index (κ3) is 5.08. The minimum absolute atomic E-state index is 0.113. The molecule has 8 nitrogen and oxygen atoms in total. The highest BCUT2D eigenvalue weighted by atomic mass is 16.7. The molecule has 0 bridgehead atoms. The minimum atomic E-state index is -0.484. The second kappa shape index (κ2) is 7.71. The van der Waals surface area contributed by atoms with Crippen molar-refractivity contribution >= 4 is 11.8 Å². The zero-order valence-electron chi connectivity index (χ0n) is 16.0. The fraction of sp³-hybridized carbons (Fsp3) is 0.632. The van der Waals surface area contributed by atoms with Gasteiger partial charge in [-0.05, 0) is 32.9 Å². The summed E-state index contributed by atoms with van der Waals surface area (Å²) in [6.45, 7) is 8.62. The van der Waals surface area contributed by atoms with Crippen molar-refractivity contribution in [2.75, 3.05) is 38.2 Å². The highest BCUT2D eigenvalue weighted by molar-refractivity contribution is 5.69. The van der Waals surface area contributed by atoms with Crippen LogP contribution in [0, 0.1) is 16.7 Å². The molecule has 2 saturated heterocycles. The second-order valence-electron chi connectivity index (χ2n) is 8.15. The van der Waals surface area contributed by atoms with E-state index in [1.54, 1.807) is 17.2 Å². The van der Waals surface area contributed by atoms with Crippen molar-refractivity contribution in [2.45, 2.75) is 39.1 Å². The lowest BCUT2D eigenvalue weighted by Crippen LogP contribution is -2.65. The number of carbonyl (C=O) groups excluding carboxylic acids is 1. The van der Waals surface area contributed by atoms with Gasteiger partial charge in [0.2, 0.25) is 0 Å². The monoisotopic (exact) mass is 374 g/mol. The van der Waals surface area contributed by atoms with E-state index in [9.17, 15) is 4.79 Å². The lowest BCUT2D eigenvalue weighted by molar-refractivity contribution is -0.254. The Kier molecular flexibility index (Phi) is 5.53. The summed E-state index contributed by atoms with van der Waals surface area (Å²) in [6.07, 6.45) is 1.79. The Labute approximate surface area is 159 Å². The maximum absolute atomic E-state index is 12.0. The van der Waals surface area contributed by atoms with Crippen molar-refractivity contribution in [3.05, 3.63) is 24.0 Å². The van der Waals surface area contributed by atoms with E-state index in [-0.39, 0.29) is 17.8 Å². The number of rotatable bonds is 4. The van der Waals surface area contributed by atoms with Gasteiger partial charge in [-0.15, -0.1) is 0 Å². The van der Waals surface area contributed by atoms with E-state index in [1.807, 2.05) is 32.9 Å². The zero-order chi connectivity index (χ0) is 19.5. The summed E-state index contributed by atoms with van der Waals surface area (Å²) in [5.74, 6) is 0. The maximum Gasteiger partial charge on any atom is 0.410 e. The van der Waals surface area contributed by atoms with Gasteiger partial charge in [0.25, 0.3) is 0 Å². The quantitative estimate of drug-likeness (QED) is 0.864. The van der Waals surface area contributed by atoms with E-state index in [0.717, 1.165) is 5.69 Å². The van der Waals surface area contributed by atoms with E-state index in [2.05, 4.69) is 10.3 Å². The standard InChI is InChI=1S/C19H26N4O4/c1-18(2,3)27-17(24)23-10-19(11-23)12-25-16(26-13-19)6-7-21-15-5-4-14(8-20)22-9-15/h4-5,9,16,21H,6-7,10-13H2,1-3H3. The van der Waals surface area contributed by atoms with Gasteiger partial charge < -0.3 is 24.4 Å². The van der Waals surface area contributed by atoms with Gasteiger partial charge in [0.1, 0.15) is 17.4 Å². The Bertz CT molecular complexity index is 692. The molecule has 0 unspecified atom stereocenters. The Morgan fingerprint density at radius 3 is 2.67 bits per heavy atom. The second-order valence-corrected chi connectivity index (χ2v) is 8.15. The number of amides is 1. The van der Waals surface area contributed by atoms with E-state index in [1.165, 1.54) is 0 Å². The van der Waals surface area contributed by atoms with Crippen molar-refractivity contribution in [2.24, 2.45) is 5.41 Å². The number of pyridine rings is 1. The lowest BCUT2D eigenvalue weighted by atomic mass is 9.81. The smallest absolute Gasteiger partial charge is 0.410 e. The lowest BCUT2D eigenvalue weighted by Gasteiger charge is -2.52. The number of likely N-dealkylation sites (tertiary alicyclic amines) is 1. The van der Waals surface area contributed by atoms with Gasteiger partial charge in [-0.2, -0.15) is 5.26 Å². The number of aromatic nitrogens is 1. The summed E-state index contributed by atoms with van der Waals surface area (Å²) in [5, 5.41) is 12.0. The molecule has 1 aromatic rings. The first-order valence-corrected chi connectivity index (χ1v) is 9.10. The van der Waals surface area contributed by atoms with Gasteiger partial charge in [-0.25, -0.2) is 9.78 Å². The molecule has 0 atom stereocenters. The molecular formula is C19H26N4O4. The number of hydrogen-bond acceptors (Lipinski definition) is 7. The number of hydrogen-bond donors (Lipinski definition) is 1. The molecule has 146 valence electrons. The molecule has 3 heterocycles. The fourth-order valence-electron chi connectivity index (χ4n) is 3.10. The Morgan fingerprint density at radius 2 is 2.11 bits per heavy atom. The van der Waals surface area contributed by atoms with Crippen LogP contribution < -0.4 is 5.32 Å². The molecule has 0 radical (unpaired) electrons. The molecule has 8 heteroatoms. The van der Waals surface area contributed by atoms with Gasteiger partial charge in [-0.1, -0.05) is 0 Å². The van der Waals surface area contributed by atoms with E-state index in [0.29, 0.717) is 45.0 Å². The van der Waals surface area contributed by atoms with E-state index < -0.39 is 5.60 Å². The van der Waals surface area contributed by atoms with Gasteiger partial charge in [0.05, 0.1) is 30.5 Å².